The molecule has 2 amide bonds. The molecule has 1 aliphatic heterocycles. The maximum Gasteiger partial charge on any atom is 0.265 e. The van der Waals surface area contributed by atoms with E-state index in [2.05, 4.69) is 5.32 Å². The third-order valence-corrected chi connectivity index (χ3v) is 4.75. The van der Waals surface area contributed by atoms with Gasteiger partial charge in [-0.25, -0.2) is 0 Å². The standard InChI is InChI=1S/C21H22N2O4/c1-13-5-4-6-17(14(13)2)22-20(25)9-10-23-18-11-16(15(3)24)7-8-19(18)27-12-21(23)26/h4-8,11H,9-10,12H2,1-3H3,(H,22,25). The number of amides is 2. The van der Waals surface area contributed by atoms with Gasteiger partial charge in [0.25, 0.3) is 5.91 Å². The number of hydrogen-bond acceptors (Lipinski definition) is 4. The zero-order valence-electron chi connectivity index (χ0n) is 15.7. The third kappa shape index (κ3) is 4.00. The number of rotatable bonds is 5. The van der Waals surface area contributed by atoms with E-state index in [4.69, 9.17) is 4.74 Å². The van der Waals surface area contributed by atoms with Crippen LogP contribution in [0.4, 0.5) is 11.4 Å². The van der Waals surface area contributed by atoms with E-state index < -0.39 is 0 Å². The van der Waals surface area contributed by atoms with Crippen LogP contribution in [-0.2, 0) is 9.59 Å². The van der Waals surface area contributed by atoms with Gasteiger partial charge < -0.3 is 15.0 Å². The van der Waals surface area contributed by atoms with Crippen molar-refractivity contribution in [3.8, 4) is 5.75 Å². The van der Waals surface area contributed by atoms with Crippen LogP contribution in [0.3, 0.4) is 0 Å². The van der Waals surface area contributed by atoms with Crippen LogP contribution < -0.4 is 15.0 Å². The normalized spacial score (nSPS) is 13.0. The van der Waals surface area contributed by atoms with E-state index in [9.17, 15) is 14.4 Å². The van der Waals surface area contributed by atoms with Gasteiger partial charge in [0.05, 0.1) is 5.69 Å². The van der Waals surface area contributed by atoms with Crippen molar-refractivity contribution in [2.24, 2.45) is 0 Å². The summed E-state index contributed by atoms with van der Waals surface area (Å²) in [5.74, 6) is 0.0352. The first kappa shape index (κ1) is 18.6. The Bertz CT molecular complexity index is 920. The molecule has 0 atom stereocenters. The Kier molecular flexibility index (Phi) is 5.26. The first-order valence-electron chi connectivity index (χ1n) is 8.81. The number of anilines is 2. The van der Waals surface area contributed by atoms with Crippen LogP contribution in [0.25, 0.3) is 0 Å². The fourth-order valence-corrected chi connectivity index (χ4v) is 2.98. The molecule has 3 rings (SSSR count). The molecule has 27 heavy (non-hydrogen) atoms. The Balaban J connectivity index is 1.73. The maximum atomic E-state index is 12.4. The average Bonchev–Trinajstić information content (AvgIpc) is 2.64. The average molecular weight is 366 g/mol. The second-order valence-corrected chi connectivity index (χ2v) is 6.62. The Morgan fingerprint density at radius 3 is 2.70 bits per heavy atom. The van der Waals surface area contributed by atoms with Crippen molar-refractivity contribution in [1.82, 2.24) is 0 Å². The largest absolute Gasteiger partial charge is 0.482 e. The molecule has 0 saturated heterocycles. The molecular weight excluding hydrogens is 344 g/mol. The molecule has 0 unspecified atom stereocenters. The summed E-state index contributed by atoms with van der Waals surface area (Å²) < 4.78 is 5.43. The molecule has 2 aromatic carbocycles. The Morgan fingerprint density at radius 1 is 1.19 bits per heavy atom. The first-order valence-corrected chi connectivity index (χ1v) is 8.81. The van der Waals surface area contributed by atoms with Crippen molar-refractivity contribution >= 4 is 29.0 Å². The highest BCUT2D eigenvalue weighted by molar-refractivity contribution is 6.02. The van der Waals surface area contributed by atoms with Crippen molar-refractivity contribution in [3.05, 3.63) is 53.1 Å². The number of carbonyl (C=O) groups excluding carboxylic acids is 3. The van der Waals surface area contributed by atoms with E-state index in [1.165, 1.54) is 11.8 Å². The maximum absolute atomic E-state index is 12.4. The van der Waals surface area contributed by atoms with Crippen LogP contribution >= 0.6 is 0 Å². The number of ketones is 1. The van der Waals surface area contributed by atoms with E-state index >= 15 is 0 Å². The Hall–Kier alpha value is -3.15. The van der Waals surface area contributed by atoms with Gasteiger partial charge in [0.15, 0.2) is 12.4 Å². The fraction of sp³-hybridized carbons (Fsp3) is 0.286. The lowest BCUT2D eigenvalue weighted by Gasteiger charge is -2.29. The predicted molar refractivity (Wildman–Crippen MR) is 103 cm³/mol. The van der Waals surface area contributed by atoms with E-state index in [0.717, 1.165) is 16.8 Å². The van der Waals surface area contributed by atoms with Gasteiger partial charge in [0.1, 0.15) is 5.75 Å². The van der Waals surface area contributed by atoms with Crippen molar-refractivity contribution < 1.29 is 19.1 Å². The van der Waals surface area contributed by atoms with Gasteiger partial charge in [-0.2, -0.15) is 0 Å². The van der Waals surface area contributed by atoms with Crippen molar-refractivity contribution in [2.75, 3.05) is 23.4 Å². The summed E-state index contributed by atoms with van der Waals surface area (Å²) in [7, 11) is 0. The van der Waals surface area contributed by atoms with Gasteiger partial charge in [-0.1, -0.05) is 12.1 Å². The van der Waals surface area contributed by atoms with Crippen LogP contribution in [0, 0.1) is 13.8 Å². The summed E-state index contributed by atoms with van der Waals surface area (Å²) in [5.41, 5.74) is 3.91. The summed E-state index contributed by atoms with van der Waals surface area (Å²) in [6.07, 6.45) is 0.142. The van der Waals surface area contributed by atoms with Crippen LogP contribution in [-0.4, -0.2) is 30.7 Å². The predicted octanol–water partition coefficient (Wildman–Crippen LogP) is 3.26. The van der Waals surface area contributed by atoms with Gasteiger partial charge in [0, 0.05) is 24.2 Å². The molecule has 0 bridgehead atoms. The summed E-state index contributed by atoms with van der Waals surface area (Å²) in [6.45, 7) is 5.55. The molecule has 2 aromatic rings. The molecule has 6 heteroatoms. The van der Waals surface area contributed by atoms with E-state index in [0.29, 0.717) is 17.0 Å². The van der Waals surface area contributed by atoms with Crippen LogP contribution in [0.2, 0.25) is 0 Å². The number of fused-ring (bicyclic) bond motifs is 1. The molecule has 0 aliphatic carbocycles. The van der Waals surface area contributed by atoms with Gasteiger partial charge in [-0.15, -0.1) is 0 Å². The van der Waals surface area contributed by atoms with Crippen molar-refractivity contribution in [3.63, 3.8) is 0 Å². The molecule has 0 spiro atoms. The van der Waals surface area contributed by atoms with Crippen LogP contribution in [0.5, 0.6) is 5.75 Å². The highest BCUT2D eigenvalue weighted by Gasteiger charge is 2.26. The lowest BCUT2D eigenvalue weighted by Crippen LogP contribution is -2.40. The summed E-state index contributed by atoms with van der Waals surface area (Å²) in [6, 6.07) is 10.7. The lowest BCUT2D eigenvalue weighted by molar-refractivity contribution is -0.121. The van der Waals surface area contributed by atoms with Crippen LogP contribution in [0.1, 0.15) is 34.8 Å². The summed E-state index contributed by atoms with van der Waals surface area (Å²) >= 11 is 0. The smallest absolute Gasteiger partial charge is 0.265 e. The fourth-order valence-electron chi connectivity index (χ4n) is 2.98. The first-order chi connectivity index (χ1) is 12.9. The Morgan fingerprint density at radius 2 is 1.96 bits per heavy atom. The van der Waals surface area contributed by atoms with Gasteiger partial charge in [0.2, 0.25) is 5.91 Å². The SMILES string of the molecule is CC(=O)c1ccc2c(c1)N(CCC(=O)Nc1cccc(C)c1C)C(=O)CO2. The molecule has 6 nitrogen and oxygen atoms in total. The number of hydrogen-bond donors (Lipinski definition) is 1. The molecule has 1 heterocycles. The zero-order valence-corrected chi connectivity index (χ0v) is 15.7. The topological polar surface area (TPSA) is 75.7 Å². The zero-order chi connectivity index (χ0) is 19.6. The van der Waals surface area contributed by atoms with Crippen LogP contribution in [0.15, 0.2) is 36.4 Å². The molecule has 0 radical (unpaired) electrons. The number of Topliss-reactive ketones (excluding diaryl/α,β-unsaturated/α-hetero) is 1. The molecule has 0 fully saturated rings. The number of ether oxygens (including phenoxy) is 1. The lowest BCUT2D eigenvalue weighted by atomic mass is 10.1. The second-order valence-electron chi connectivity index (χ2n) is 6.62. The number of carbonyl (C=O) groups is 3. The highest BCUT2D eigenvalue weighted by Crippen LogP contribution is 2.33. The minimum Gasteiger partial charge on any atom is -0.482 e. The molecule has 140 valence electrons. The highest BCUT2D eigenvalue weighted by atomic mass is 16.5. The van der Waals surface area contributed by atoms with Crippen molar-refractivity contribution in [1.29, 1.82) is 0 Å². The van der Waals surface area contributed by atoms with E-state index in [1.807, 2.05) is 32.0 Å². The van der Waals surface area contributed by atoms with Crippen molar-refractivity contribution in [2.45, 2.75) is 27.2 Å². The number of benzene rings is 2. The molecule has 1 aliphatic rings. The Labute approximate surface area is 158 Å². The van der Waals surface area contributed by atoms with Gasteiger partial charge in [-0.3, -0.25) is 14.4 Å². The summed E-state index contributed by atoms with van der Waals surface area (Å²) in [5, 5.41) is 2.90. The molecule has 0 aromatic heterocycles. The number of nitrogens with zero attached hydrogens (tertiary/aromatic N) is 1. The minimum absolute atomic E-state index is 0.0783. The number of nitrogens with one attached hydrogen (secondary N) is 1. The molecule has 0 saturated carbocycles. The van der Waals surface area contributed by atoms with Gasteiger partial charge >= 0.3 is 0 Å². The monoisotopic (exact) mass is 366 g/mol. The molecule has 1 N–H and O–H groups in total. The second kappa shape index (κ2) is 7.61. The van der Waals surface area contributed by atoms with E-state index in [-0.39, 0.29) is 37.2 Å². The van der Waals surface area contributed by atoms with E-state index in [1.54, 1.807) is 18.2 Å². The molecular formula is C21H22N2O4. The summed E-state index contributed by atoms with van der Waals surface area (Å²) in [4.78, 5) is 37.8. The number of aryl methyl sites for hydroxylation is 1. The quantitative estimate of drug-likeness (QED) is 0.824. The third-order valence-electron chi connectivity index (χ3n) is 4.75. The minimum atomic E-state index is -0.234. The van der Waals surface area contributed by atoms with Gasteiger partial charge in [-0.05, 0) is 56.2 Å².